The summed E-state index contributed by atoms with van der Waals surface area (Å²) in [6.07, 6.45) is -1.44. The largest absolute Gasteiger partial charge is 0.434 e. The molecule has 0 radical (unpaired) electrons. The van der Waals surface area contributed by atoms with E-state index < -0.39 is 11.9 Å². The van der Waals surface area contributed by atoms with E-state index in [0.29, 0.717) is 23.9 Å². The fourth-order valence-corrected chi connectivity index (χ4v) is 4.02. The Balaban J connectivity index is 1.77. The highest BCUT2D eigenvalue weighted by Crippen LogP contribution is 2.30. The first kappa shape index (κ1) is 21.9. The van der Waals surface area contributed by atoms with Crippen molar-refractivity contribution >= 4 is 17.3 Å². The van der Waals surface area contributed by atoms with Gasteiger partial charge in [-0.2, -0.15) is 13.2 Å². The molecule has 0 spiro atoms. The number of nitrogens with one attached hydrogen (secondary N) is 2. The molecule has 0 amide bonds. The van der Waals surface area contributed by atoms with Gasteiger partial charge in [-0.25, -0.2) is 4.98 Å². The van der Waals surface area contributed by atoms with Crippen LogP contribution in [0.5, 0.6) is 0 Å². The van der Waals surface area contributed by atoms with Crippen LogP contribution in [-0.2, 0) is 12.6 Å². The van der Waals surface area contributed by atoms with Gasteiger partial charge in [-0.3, -0.25) is 9.89 Å². The Morgan fingerprint density at radius 1 is 1.37 bits per heavy atom. The summed E-state index contributed by atoms with van der Waals surface area (Å²) >= 11 is 1.03. The number of thiazole rings is 1. The zero-order valence-electron chi connectivity index (χ0n) is 16.5. The topological polar surface area (TPSA) is 52.6 Å². The third kappa shape index (κ3) is 6.64. The molecule has 2 heterocycles. The fraction of sp³-hybridized carbons (Fsp3) is 0.778. The van der Waals surface area contributed by atoms with Crippen molar-refractivity contribution in [1.82, 2.24) is 20.5 Å². The maximum Gasteiger partial charge on any atom is 0.434 e. The normalized spacial score (nSPS) is 20.0. The standard InChI is InChI=1S/C18H30F3N5S/c1-13-6-5-9-26(10-13)17(2,3)12-24-16(22-4)23-8-7-15-25-14(11-27-15)18(19,20)21/h11,13H,5-10,12H2,1-4H3,(H2,22,23,24). The Labute approximate surface area is 163 Å². The molecule has 1 fully saturated rings. The summed E-state index contributed by atoms with van der Waals surface area (Å²) < 4.78 is 37.8. The van der Waals surface area contributed by atoms with Gasteiger partial charge in [0, 0.05) is 44.0 Å². The van der Waals surface area contributed by atoms with Crippen LogP contribution in [0.4, 0.5) is 13.2 Å². The molecule has 27 heavy (non-hydrogen) atoms. The number of piperidine rings is 1. The second-order valence-corrected chi connectivity index (χ2v) is 8.68. The van der Waals surface area contributed by atoms with Crippen molar-refractivity contribution in [1.29, 1.82) is 0 Å². The van der Waals surface area contributed by atoms with Gasteiger partial charge >= 0.3 is 6.18 Å². The second-order valence-electron chi connectivity index (χ2n) is 7.73. The Hall–Kier alpha value is -1.35. The molecule has 1 aromatic heterocycles. The van der Waals surface area contributed by atoms with Gasteiger partial charge in [0.25, 0.3) is 0 Å². The average molecular weight is 406 g/mol. The van der Waals surface area contributed by atoms with Crippen molar-refractivity contribution < 1.29 is 13.2 Å². The van der Waals surface area contributed by atoms with Gasteiger partial charge in [0.05, 0.1) is 5.01 Å². The van der Waals surface area contributed by atoms with E-state index in [1.807, 2.05) is 0 Å². The molecule has 1 atom stereocenters. The first-order valence-corrected chi connectivity index (χ1v) is 10.2. The molecular formula is C18H30F3N5S. The highest BCUT2D eigenvalue weighted by Gasteiger charge is 2.33. The highest BCUT2D eigenvalue weighted by atomic mass is 32.1. The van der Waals surface area contributed by atoms with Gasteiger partial charge in [-0.05, 0) is 39.2 Å². The van der Waals surface area contributed by atoms with E-state index in [2.05, 4.69) is 46.3 Å². The van der Waals surface area contributed by atoms with Crippen LogP contribution in [0.25, 0.3) is 0 Å². The zero-order chi connectivity index (χ0) is 20.1. The van der Waals surface area contributed by atoms with Crippen LogP contribution in [0.3, 0.4) is 0 Å². The van der Waals surface area contributed by atoms with E-state index >= 15 is 0 Å². The van der Waals surface area contributed by atoms with E-state index in [4.69, 9.17) is 0 Å². The number of rotatable bonds is 6. The molecule has 154 valence electrons. The van der Waals surface area contributed by atoms with Crippen molar-refractivity contribution in [2.75, 3.05) is 33.2 Å². The lowest BCUT2D eigenvalue weighted by atomic mass is 9.93. The van der Waals surface area contributed by atoms with Crippen LogP contribution < -0.4 is 10.6 Å². The summed E-state index contributed by atoms with van der Waals surface area (Å²) in [5.41, 5.74) is -0.814. The monoisotopic (exact) mass is 405 g/mol. The van der Waals surface area contributed by atoms with E-state index in [1.54, 1.807) is 7.05 Å². The fourth-order valence-electron chi connectivity index (χ4n) is 3.22. The minimum absolute atomic E-state index is 0.00319. The van der Waals surface area contributed by atoms with Crippen molar-refractivity contribution in [2.24, 2.45) is 10.9 Å². The highest BCUT2D eigenvalue weighted by molar-refractivity contribution is 7.09. The number of alkyl halides is 3. The van der Waals surface area contributed by atoms with Crippen molar-refractivity contribution in [2.45, 2.75) is 51.7 Å². The first-order valence-electron chi connectivity index (χ1n) is 9.33. The number of aromatic nitrogens is 1. The third-order valence-electron chi connectivity index (χ3n) is 4.90. The van der Waals surface area contributed by atoms with Gasteiger partial charge in [0.2, 0.25) is 0 Å². The van der Waals surface area contributed by atoms with E-state index in [1.165, 1.54) is 12.8 Å². The Bertz CT molecular complexity index is 627. The molecule has 5 nitrogen and oxygen atoms in total. The molecule has 0 aliphatic carbocycles. The Morgan fingerprint density at radius 2 is 2.11 bits per heavy atom. The van der Waals surface area contributed by atoms with Crippen LogP contribution >= 0.6 is 11.3 Å². The van der Waals surface area contributed by atoms with Crippen LogP contribution in [0.2, 0.25) is 0 Å². The lowest BCUT2D eigenvalue weighted by molar-refractivity contribution is -0.140. The molecule has 1 unspecified atom stereocenters. The second kappa shape index (κ2) is 9.23. The summed E-state index contributed by atoms with van der Waals surface area (Å²) in [4.78, 5) is 10.4. The van der Waals surface area contributed by atoms with E-state index in [-0.39, 0.29) is 5.54 Å². The summed E-state index contributed by atoms with van der Waals surface area (Å²) in [6, 6.07) is 0. The van der Waals surface area contributed by atoms with Crippen molar-refractivity contribution in [3.8, 4) is 0 Å². The van der Waals surface area contributed by atoms with Gasteiger partial charge in [-0.15, -0.1) is 11.3 Å². The summed E-state index contributed by atoms with van der Waals surface area (Å²) in [5, 5.41) is 8.02. The zero-order valence-corrected chi connectivity index (χ0v) is 17.3. The van der Waals surface area contributed by atoms with Gasteiger partial charge in [-0.1, -0.05) is 6.92 Å². The SMILES string of the molecule is CN=C(NCCc1nc(C(F)(F)F)cs1)NCC(C)(C)N1CCCC(C)C1. The lowest BCUT2D eigenvalue weighted by Gasteiger charge is -2.43. The molecule has 1 aliphatic rings. The maximum atomic E-state index is 12.6. The van der Waals surface area contributed by atoms with Gasteiger partial charge in [0.15, 0.2) is 11.7 Å². The predicted molar refractivity (Wildman–Crippen MR) is 104 cm³/mol. The number of likely N-dealkylation sites (tertiary alicyclic amines) is 1. The smallest absolute Gasteiger partial charge is 0.356 e. The molecule has 1 saturated heterocycles. The van der Waals surface area contributed by atoms with Crippen LogP contribution in [0.1, 0.15) is 44.3 Å². The number of aliphatic imine (C=N–C) groups is 1. The van der Waals surface area contributed by atoms with Gasteiger partial charge in [0.1, 0.15) is 0 Å². The number of hydrogen-bond acceptors (Lipinski definition) is 4. The average Bonchev–Trinajstić information content (AvgIpc) is 3.07. The van der Waals surface area contributed by atoms with Crippen LogP contribution in [0.15, 0.2) is 10.4 Å². The number of guanidine groups is 1. The molecule has 0 saturated carbocycles. The third-order valence-corrected chi connectivity index (χ3v) is 5.81. The Kier molecular flexibility index (Phi) is 7.50. The maximum absolute atomic E-state index is 12.6. The summed E-state index contributed by atoms with van der Waals surface area (Å²) in [6.45, 7) is 10.2. The molecule has 0 bridgehead atoms. The Morgan fingerprint density at radius 3 is 2.70 bits per heavy atom. The minimum Gasteiger partial charge on any atom is -0.356 e. The quantitative estimate of drug-likeness (QED) is 0.563. The van der Waals surface area contributed by atoms with Gasteiger partial charge < -0.3 is 10.6 Å². The molecule has 9 heteroatoms. The first-order chi connectivity index (χ1) is 12.6. The summed E-state index contributed by atoms with van der Waals surface area (Å²) in [5.74, 6) is 1.37. The number of halogens is 3. The van der Waals surface area contributed by atoms with E-state index in [0.717, 1.165) is 42.3 Å². The predicted octanol–water partition coefficient (Wildman–Crippen LogP) is 3.38. The molecular weight excluding hydrogens is 375 g/mol. The molecule has 0 aromatic carbocycles. The van der Waals surface area contributed by atoms with Crippen molar-refractivity contribution in [3.05, 3.63) is 16.1 Å². The van der Waals surface area contributed by atoms with Crippen molar-refractivity contribution in [3.63, 3.8) is 0 Å². The molecule has 2 rings (SSSR count). The molecule has 1 aliphatic heterocycles. The lowest BCUT2D eigenvalue weighted by Crippen LogP contribution is -2.56. The minimum atomic E-state index is -4.38. The molecule has 1 aromatic rings. The van der Waals surface area contributed by atoms with E-state index in [9.17, 15) is 13.2 Å². The van der Waals surface area contributed by atoms with Crippen LogP contribution in [-0.4, -0.2) is 54.6 Å². The number of hydrogen-bond donors (Lipinski definition) is 2. The molecule has 2 N–H and O–H groups in total. The summed E-state index contributed by atoms with van der Waals surface area (Å²) in [7, 11) is 1.69. The van der Waals surface area contributed by atoms with Crippen LogP contribution in [0, 0.1) is 5.92 Å². The number of nitrogens with zero attached hydrogens (tertiary/aromatic N) is 3.